The van der Waals surface area contributed by atoms with Crippen molar-refractivity contribution >= 4 is 0 Å². The monoisotopic (exact) mass is 227 g/mol. The number of nitrogens with one attached hydrogen (secondary N) is 1. The fourth-order valence-corrected chi connectivity index (χ4v) is 2.55. The van der Waals surface area contributed by atoms with E-state index in [0.29, 0.717) is 12.1 Å². The van der Waals surface area contributed by atoms with E-state index >= 15 is 0 Å². The summed E-state index contributed by atoms with van der Waals surface area (Å²) in [4.78, 5) is 4.90. The van der Waals surface area contributed by atoms with Crippen molar-refractivity contribution in [1.29, 1.82) is 0 Å². The largest absolute Gasteiger partial charge is 0.309 e. The lowest BCUT2D eigenvalue weighted by Gasteiger charge is -2.27. The predicted molar refractivity (Wildman–Crippen MR) is 70.8 cm³/mol. The maximum absolute atomic E-state index is 3.73. The van der Waals surface area contributed by atoms with Crippen LogP contribution in [-0.4, -0.2) is 62.2 Å². The Balaban J connectivity index is 2.49. The van der Waals surface area contributed by atoms with Crippen molar-refractivity contribution in [3.8, 4) is 0 Å². The average Bonchev–Trinajstić information content (AvgIpc) is 2.26. The van der Waals surface area contributed by atoms with Crippen molar-refractivity contribution in [2.24, 2.45) is 5.92 Å². The summed E-state index contributed by atoms with van der Waals surface area (Å²) in [6, 6.07) is 1.27. The summed E-state index contributed by atoms with van der Waals surface area (Å²) >= 11 is 0. The predicted octanol–water partition coefficient (Wildman–Crippen LogP) is 1.26. The van der Waals surface area contributed by atoms with Gasteiger partial charge in [0.1, 0.15) is 0 Å². The summed E-state index contributed by atoms with van der Waals surface area (Å²) in [5.41, 5.74) is 0. The fraction of sp³-hybridized carbons (Fsp3) is 1.00. The molecule has 3 heteroatoms. The lowest BCUT2D eigenvalue weighted by molar-refractivity contribution is 0.222. The van der Waals surface area contributed by atoms with Gasteiger partial charge in [0.15, 0.2) is 0 Å². The van der Waals surface area contributed by atoms with E-state index < -0.39 is 0 Å². The van der Waals surface area contributed by atoms with E-state index in [1.54, 1.807) is 0 Å². The molecule has 1 N–H and O–H groups in total. The van der Waals surface area contributed by atoms with Gasteiger partial charge in [-0.3, -0.25) is 0 Å². The van der Waals surface area contributed by atoms with Crippen molar-refractivity contribution in [3.05, 3.63) is 0 Å². The molecule has 0 aliphatic carbocycles. The van der Waals surface area contributed by atoms with Gasteiger partial charge in [0.2, 0.25) is 0 Å². The molecule has 16 heavy (non-hydrogen) atoms. The second-order valence-corrected chi connectivity index (χ2v) is 5.97. The summed E-state index contributed by atoms with van der Waals surface area (Å²) in [5, 5.41) is 3.73. The van der Waals surface area contributed by atoms with Crippen LogP contribution in [0.2, 0.25) is 0 Å². The first kappa shape index (κ1) is 13.9. The van der Waals surface area contributed by atoms with Crippen LogP contribution in [0.15, 0.2) is 0 Å². The molecular formula is C13H29N3. The Morgan fingerprint density at radius 3 is 2.62 bits per heavy atom. The van der Waals surface area contributed by atoms with Gasteiger partial charge in [-0.25, -0.2) is 0 Å². The van der Waals surface area contributed by atoms with Gasteiger partial charge in [0, 0.05) is 31.7 Å². The molecule has 1 rings (SSSR count). The standard InChI is InChI=1S/C13H29N3/c1-11(2)8-16-7-6-12(3)14-13(10-16)9-15(4)5/h11-14H,6-10H2,1-5H3. The van der Waals surface area contributed by atoms with E-state index in [1.807, 2.05) is 0 Å². The summed E-state index contributed by atoms with van der Waals surface area (Å²) in [6.45, 7) is 11.7. The molecule has 3 nitrogen and oxygen atoms in total. The van der Waals surface area contributed by atoms with Crippen LogP contribution in [0.4, 0.5) is 0 Å². The van der Waals surface area contributed by atoms with Gasteiger partial charge in [-0.05, 0) is 39.9 Å². The first-order valence-electron chi connectivity index (χ1n) is 6.60. The summed E-state index contributed by atoms with van der Waals surface area (Å²) < 4.78 is 0. The van der Waals surface area contributed by atoms with Crippen molar-refractivity contribution in [2.75, 3.05) is 40.3 Å². The molecular weight excluding hydrogens is 198 g/mol. The number of likely N-dealkylation sites (N-methyl/N-ethyl adjacent to an activating group) is 1. The third-order valence-electron chi connectivity index (χ3n) is 3.09. The number of hydrogen-bond acceptors (Lipinski definition) is 3. The van der Waals surface area contributed by atoms with Crippen LogP contribution in [-0.2, 0) is 0 Å². The van der Waals surface area contributed by atoms with E-state index in [4.69, 9.17) is 0 Å². The van der Waals surface area contributed by atoms with Crippen molar-refractivity contribution < 1.29 is 0 Å². The van der Waals surface area contributed by atoms with Gasteiger partial charge in [0.25, 0.3) is 0 Å². The average molecular weight is 227 g/mol. The molecule has 0 radical (unpaired) electrons. The molecule has 0 aromatic rings. The third-order valence-corrected chi connectivity index (χ3v) is 3.09. The molecule has 96 valence electrons. The Labute approximate surface area is 101 Å². The van der Waals surface area contributed by atoms with Crippen LogP contribution in [0.25, 0.3) is 0 Å². The van der Waals surface area contributed by atoms with Gasteiger partial charge >= 0.3 is 0 Å². The van der Waals surface area contributed by atoms with E-state index in [0.717, 1.165) is 12.5 Å². The first-order valence-corrected chi connectivity index (χ1v) is 6.60. The van der Waals surface area contributed by atoms with Crippen LogP contribution in [0.1, 0.15) is 27.2 Å². The fourth-order valence-electron chi connectivity index (χ4n) is 2.55. The molecule has 0 saturated carbocycles. The van der Waals surface area contributed by atoms with Gasteiger partial charge < -0.3 is 15.1 Å². The first-order chi connectivity index (χ1) is 7.47. The normalized spacial score (nSPS) is 28.7. The SMILES string of the molecule is CC(C)CN1CCC(C)NC(CN(C)C)C1. The Kier molecular flexibility index (Phi) is 5.73. The summed E-state index contributed by atoms with van der Waals surface area (Å²) in [7, 11) is 4.31. The van der Waals surface area contributed by atoms with Crippen LogP contribution in [0.3, 0.4) is 0 Å². The van der Waals surface area contributed by atoms with Crippen molar-refractivity contribution in [3.63, 3.8) is 0 Å². The third kappa shape index (κ3) is 5.28. The molecule has 0 bridgehead atoms. The van der Waals surface area contributed by atoms with Crippen LogP contribution < -0.4 is 5.32 Å². The van der Waals surface area contributed by atoms with Crippen LogP contribution in [0.5, 0.6) is 0 Å². The highest BCUT2D eigenvalue weighted by atomic mass is 15.2. The second-order valence-electron chi connectivity index (χ2n) is 5.97. The maximum atomic E-state index is 3.73. The minimum Gasteiger partial charge on any atom is -0.309 e. The minimum absolute atomic E-state index is 0.617. The Morgan fingerprint density at radius 2 is 2.06 bits per heavy atom. The smallest absolute Gasteiger partial charge is 0.0324 e. The topological polar surface area (TPSA) is 18.5 Å². The highest BCUT2D eigenvalue weighted by Crippen LogP contribution is 2.08. The van der Waals surface area contributed by atoms with E-state index in [-0.39, 0.29) is 0 Å². The number of nitrogens with zero attached hydrogens (tertiary/aromatic N) is 2. The zero-order valence-electron chi connectivity index (χ0n) is 11.7. The zero-order chi connectivity index (χ0) is 12.1. The van der Waals surface area contributed by atoms with Gasteiger partial charge in [-0.15, -0.1) is 0 Å². The Bertz CT molecular complexity index is 192. The van der Waals surface area contributed by atoms with E-state index in [1.165, 1.54) is 26.1 Å². The molecule has 2 unspecified atom stereocenters. The van der Waals surface area contributed by atoms with Crippen molar-refractivity contribution in [2.45, 2.75) is 39.3 Å². The lowest BCUT2D eigenvalue weighted by atomic mass is 10.2. The molecule has 0 aromatic carbocycles. The molecule has 1 saturated heterocycles. The lowest BCUT2D eigenvalue weighted by Crippen LogP contribution is -2.46. The molecule has 0 amide bonds. The molecule has 0 aromatic heterocycles. The number of rotatable bonds is 4. The highest BCUT2D eigenvalue weighted by molar-refractivity contribution is 4.82. The summed E-state index contributed by atoms with van der Waals surface area (Å²) in [5.74, 6) is 0.772. The van der Waals surface area contributed by atoms with E-state index in [9.17, 15) is 0 Å². The van der Waals surface area contributed by atoms with Crippen molar-refractivity contribution in [1.82, 2.24) is 15.1 Å². The van der Waals surface area contributed by atoms with E-state index in [2.05, 4.69) is 50.0 Å². The second kappa shape index (κ2) is 6.58. The highest BCUT2D eigenvalue weighted by Gasteiger charge is 2.21. The zero-order valence-corrected chi connectivity index (χ0v) is 11.7. The maximum Gasteiger partial charge on any atom is 0.0324 e. The molecule has 2 atom stereocenters. The molecule has 1 heterocycles. The molecule has 1 aliphatic heterocycles. The van der Waals surface area contributed by atoms with Gasteiger partial charge in [-0.1, -0.05) is 13.8 Å². The van der Waals surface area contributed by atoms with Gasteiger partial charge in [0.05, 0.1) is 0 Å². The van der Waals surface area contributed by atoms with Gasteiger partial charge in [-0.2, -0.15) is 0 Å². The van der Waals surface area contributed by atoms with Crippen LogP contribution >= 0.6 is 0 Å². The quantitative estimate of drug-likeness (QED) is 0.780. The summed E-state index contributed by atoms with van der Waals surface area (Å²) in [6.07, 6.45) is 1.27. The molecule has 1 aliphatic rings. The number of hydrogen-bond donors (Lipinski definition) is 1. The Hall–Kier alpha value is -0.120. The Morgan fingerprint density at radius 1 is 1.38 bits per heavy atom. The molecule has 1 fully saturated rings. The molecule has 0 spiro atoms. The van der Waals surface area contributed by atoms with Crippen LogP contribution in [0, 0.1) is 5.92 Å². The minimum atomic E-state index is 0.617.